The SMILES string of the molecule is Cc1cc(C(CN(Cc2ccccc2)C[C@H](O)c2ccc(OCc3ccccc3)c(NS(=O)(=O)CC(=O)OCc3ccccc3)c2)c2ccc(O)c(C)c2)ccc1O. The third kappa shape index (κ3) is 11.7. The average molecular weight is 801 g/mol. The van der Waals surface area contributed by atoms with Crippen LogP contribution in [0.25, 0.3) is 0 Å². The summed E-state index contributed by atoms with van der Waals surface area (Å²) in [7, 11) is -4.27. The quantitative estimate of drug-likeness (QED) is 0.0633. The van der Waals surface area contributed by atoms with Crippen molar-refractivity contribution in [3.63, 3.8) is 0 Å². The number of benzene rings is 6. The Morgan fingerprint density at radius 2 is 1.17 bits per heavy atom. The summed E-state index contributed by atoms with van der Waals surface area (Å²) in [6, 6.07) is 44.1. The number of nitrogens with one attached hydrogen (secondary N) is 1. The molecule has 1 atom stereocenters. The normalized spacial score (nSPS) is 12.0. The Kier molecular flexibility index (Phi) is 13.8. The fourth-order valence-corrected chi connectivity index (χ4v) is 7.64. The summed E-state index contributed by atoms with van der Waals surface area (Å²) in [5, 5.41) is 32.7. The van der Waals surface area contributed by atoms with Crippen molar-refractivity contribution in [2.75, 3.05) is 23.6 Å². The number of ether oxygens (including phenoxy) is 2. The van der Waals surface area contributed by atoms with E-state index >= 15 is 0 Å². The molecule has 0 spiro atoms. The van der Waals surface area contributed by atoms with E-state index in [1.165, 1.54) is 6.07 Å². The Labute approximate surface area is 340 Å². The van der Waals surface area contributed by atoms with Gasteiger partial charge in [0.25, 0.3) is 0 Å². The Morgan fingerprint density at radius 1 is 0.655 bits per heavy atom. The lowest BCUT2D eigenvalue weighted by Crippen LogP contribution is -2.33. The van der Waals surface area contributed by atoms with Crippen molar-refractivity contribution < 1.29 is 38.0 Å². The van der Waals surface area contributed by atoms with Gasteiger partial charge in [-0.3, -0.25) is 14.4 Å². The van der Waals surface area contributed by atoms with Crippen LogP contribution in [0.5, 0.6) is 17.2 Å². The van der Waals surface area contributed by atoms with Gasteiger partial charge in [0, 0.05) is 25.6 Å². The minimum Gasteiger partial charge on any atom is -0.508 e. The molecule has 10 nitrogen and oxygen atoms in total. The number of carbonyl (C=O) groups excluding carboxylic acids is 1. The van der Waals surface area contributed by atoms with Gasteiger partial charge >= 0.3 is 5.97 Å². The third-order valence-electron chi connectivity index (χ3n) is 9.81. The molecule has 6 aromatic carbocycles. The van der Waals surface area contributed by atoms with Gasteiger partial charge in [-0.05, 0) is 82.6 Å². The van der Waals surface area contributed by atoms with E-state index in [1.54, 1.807) is 48.5 Å². The molecule has 0 radical (unpaired) electrons. The molecule has 0 bridgehead atoms. The van der Waals surface area contributed by atoms with Crippen LogP contribution in [0.3, 0.4) is 0 Å². The van der Waals surface area contributed by atoms with Crippen molar-refractivity contribution in [2.45, 2.75) is 45.6 Å². The van der Waals surface area contributed by atoms with Crippen molar-refractivity contribution in [1.29, 1.82) is 0 Å². The topological polar surface area (TPSA) is 146 Å². The molecular formula is C47H48N2O8S. The van der Waals surface area contributed by atoms with E-state index in [9.17, 15) is 28.5 Å². The zero-order valence-electron chi connectivity index (χ0n) is 32.5. The Hall–Kier alpha value is -6.14. The highest BCUT2D eigenvalue weighted by Crippen LogP contribution is 2.34. The molecule has 6 aromatic rings. The fourth-order valence-electron chi connectivity index (χ4n) is 6.68. The largest absolute Gasteiger partial charge is 0.508 e. The van der Waals surface area contributed by atoms with Crippen LogP contribution in [0.2, 0.25) is 0 Å². The molecule has 0 fully saturated rings. The maximum absolute atomic E-state index is 13.4. The van der Waals surface area contributed by atoms with Crippen LogP contribution >= 0.6 is 0 Å². The summed E-state index contributed by atoms with van der Waals surface area (Å²) < 4.78 is 40.7. The Morgan fingerprint density at radius 3 is 1.72 bits per heavy atom. The van der Waals surface area contributed by atoms with Gasteiger partial charge in [0.15, 0.2) is 5.75 Å². The van der Waals surface area contributed by atoms with E-state index in [-0.39, 0.29) is 48.6 Å². The molecule has 0 aliphatic carbocycles. The van der Waals surface area contributed by atoms with Gasteiger partial charge in [0.2, 0.25) is 10.0 Å². The van der Waals surface area contributed by atoms with Gasteiger partial charge < -0.3 is 24.8 Å². The monoisotopic (exact) mass is 800 g/mol. The molecule has 300 valence electrons. The second-order valence-corrected chi connectivity index (χ2v) is 16.1. The summed E-state index contributed by atoms with van der Waals surface area (Å²) in [6.45, 7) is 4.85. The number of anilines is 1. The van der Waals surface area contributed by atoms with Crippen molar-refractivity contribution in [2.24, 2.45) is 0 Å². The number of rotatable bonds is 18. The van der Waals surface area contributed by atoms with E-state index in [0.717, 1.165) is 38.9 Å². The molecule has 0 saturated heterocycles. The van der Waals surface area contributed by atoms with Crippen molar-refractivity contribution >= 4 is 21.7 Å². The number of sulfonamides is 1. The van der Waals surface area contributed by atoms with Crippen molar-refractivity contribution in [3.05, 3.63) is 190 Å². The number of aromatic hydroxyl groups is 2. The lowest BCUT2D eigenvalue weighted by molar-refractivity contribution is -0.141. The zero-order valence-corrected chi connectivity index (χ0v) is 33.3. The predicted octanol–water partition coefficient (Wildman–Crippen LogP) is 8.15. The van der Waals surface area contributed by atoms with Crippen molar-refractivity contribution in [3.8, 4) is 17.2 Å². The van der Waals surface area contributed by atoms with Gasteiger partial charge in [0.05, 0.1) is 11.8 Å². The molecule has 0 amide bonds. The second kappa shape index (κ2) is 19.3. The first-order valence-electron chi connectivity index (χ1n) is 19.0. The van der Waals surface area contributed by atoms with Crippen LogP contribution < -0.4 is 9.46 Å². The van der Waals surface area contributed by atoms with Crippen LogP contribution in [0, 0.1) is 13.8 Å². The van der Waals surface area contributed by atoms with E-state index in [0.29, 0.717) is 18.7 Å². The molecule has 0 aliphatic heterocycles. The van der Waals surface area contributed by atoms with Gasteiger partial charge in [-0.1, -0.05) is 121 Å². The highest BCUT2D eigenvalue weighted by atomic mass is 32.2. The average Bonchev–Trinajstić information content (AvgIpc) is 3.21. The third-order valence-corrected chi connectivity index (χ3v) is 11.0. The number of aliphatic hydroxyl groups is 1. The lowest BCUT2D eigenvalue weighted by Gasteiger charge is -2.31. The molecule has 0 saturated carbocycles. The Bertz CT molecular complexity index is 2340. The van der Waals surface area contributed by atoms with Crippen LogP contribution in [0.1, 0.15) is 56.5 Å². The fraction of sp³-hybridized carbons (Fsp3) is 0.213. The summed E-state index contributed by atoms with van der Waals surface area (Å²) in [6.07, 6.45) is -1.09. The molecule has 0 heterocycles. The Balaban J connectivity index is 1.28. The first kappa shape index (κ1) is 41.5. The number of phenolic OH excluding ortho intramolecular Hbond substituents is 2. The predicted molar refractivity (Wildman–Crippen MR) is 225 cm³/mol. The molecular weight excluding hydrogens is 753 g/mol. The summed E-state index contributed by atoms with van der Waals surface area (Å²) in [5.41, 5.74) is 6.45. The van der Waals surface area contributed by atoms with Gasteiger partial charge in [0.1, 0.15) is 30.5 Å². The molecule has 0 aromatic heterocycles. The van der Waals surface area contributed by atoms with E-state index in [2.05, 4.69) is 9.62 Å². The second-order valence-electron chi connectivity index (χ2n) is 14.4. The van der Waals surface area contributed by atoms with E-state index < -0.39 is 27.8 Å². The molecule has 6 rings (SSSR count). The number of carbonyl (C=O) groups is 1. The molecule has 4 N–H and O–H groups in total. The number of aliphatic hydroxyl groups excluding tert-OH is 1. The minimum atomic E-state index is -4.27. The number of nitrogens with zero attached hydrogens (tertiary/aromatic N) is 1. The van der Waals surface area contributed by atoms with Crippen LogP contribution in [0.15, 0.2) is 146 Å². The van der Waals surface area contributed by atoms with E-state index in [1.807, 2.05) is 105 Å². The zero-order chi connectivity index (χ0) is 41.1. The molecule has 11 heteroatoms. The number of esters is 1. The minimum absolute atomic E-state index is 0.0648. The van der Waals surface area contributed by atoms with Gasteiger partial charge in [-0.2, -0.15) is 0 Å². The van der Waals surface area contributed by atoms with Gasteiger partial charge in [-0.25, -0.2) is 8.42 Å². The number of hydrogen-bond donors (Lipinski definition) is 4. The highest BCUT2D eigenvalue weighted by Gasteiger charge is 2.25. The van der Waals surface area contributed by atoms with E-state index in [4.69, 9.17) is 9.47 Å². The maximum atomic E-state index is 13.4. The molecule has 0 aliphatic rings. The lowest BCUT2D eigenvalue weighted by atomic mass is 9.88. The number of hydrogen-bond acceptors (Lipinski definition) is 9. The summed E-state index contributed by atoms with van der Waals surface area (Å²) >= 11 is 0. The number of phenols is 2. The van der Waals surface area contributed by atoms with Crippen LogP contribution in [-0.2, 0) is 39.3 Å². The summed E-state index contributed by atoms with van der Waals surface area (Å²) in [5.74, 6) is -1.47. The smallest absolute Gasteiger partial charge is 0.323 e. The molecule has 58 heavy (non-hydrogen) atoms. The maximum Gasteiger partial charge on any atom is 0.323 e. The highest BCUT2D eigenvalue weighted by molar-refractivity contribution is 7.93. The summed E-state index contributed by atoms with van der Waals surface area (Å²) in [4.78, 5) is 14.8. The first-order chi connectivity index (χ1) is 27.9. The van der Waals surface area contributed by atoms with Gasteiger partial charge in [-0.15, -0.1) is 0 Å². The van der Waals surface area contributed by atoms with Crippen LogP contribution in [-0.4, -0.2) is 53.4 Å². The first-order valence-corrected chi connectivity index (χ1v) is 20.6. The standard InChI is InChI=1S/C47H48N2O8S/c1-33-24-38(18-21-43(33)50)41(39-19-22-44(51)34(2)25-39)28-49(27-35-12-6-3-7-13-35)29-45(52)40-20-23-46(56-30-36-14-8-4-9-15-36)42(26-40)48-58(54,55)32-47(53)57-31-37-16-10-5-11-17-37/h3-26,41,45,48,50-52H,27-32H2,1-2H3/t45-/m0/s1. The number of aryl methyl sites for hydroxylation is 2. The van der Waals surface area contributed by atoms with Crippen molar-refractivity contribution in [1.82, 2.24) is 4.90 Å². The molecule has 0 unspecified atom stereocenters. The van der Waals surface area contributed by atoms with Crippen LogP contribution in [0.4, 0.5) is 5.69 Å².